The number of pyridine rings is 1. The molecule has 0 amide bonds. The first-order valence-electron chi connectivity index (χ1n) is 2.67. The van der Waals surface area contributed by atoms with Gasteiger partial charge in [0.25, 0.3) is 0 Å². The fraction of sp³-hybridized carbons (Fsp3) is 0.167. The Morgan fingerprint density at radius 3 is 2.90 bits per heavy atom. The van der Waals surface area contributed by atoms with Gasteiger partial charge in [0.15, 0.2) is 5.43 Å². The number of nitrogens with one attached hydrogen (secondary N) is 1. The molecule has 0 radical (unpaired) electrons. The first-order valence-corrected chi connectivity index (χ1v) is 4.00. The van der Waals surface area contributed by atoms with Crippen LogP contribution >= 0.6 is 27.5 Å². The molecule has 0 aromatic carbocycles. The van der Waals surface area contributed by atoms with Crippen LogP contribution < -0.4 is 5.43 Å². The molecular weight excluding hydrogens is 217 g/mol. The molecule has 4 heteroatoms. The Balaban J connectivity index is 3.20. The summed E-state index contributed by atoms with van der Waals surface area (Å²) in [5.74, 6) is 0.253. The van der Waals surface area contributed by atoms with E-state index in [0.29, 0.717) is 10.2 Å². The van der Waals surface area contributed by atoms with Crippen LogP contribution in [-0.2, 0) is 5.88 Å². The van der Waals surface area contributed by atoms with Crippen LogP contribution in [0.15, 0.2) is 21.7 Å². The minimum atomic E-state index is -0.0411. The molecule has 2 nitrogen and oxygen atoms in total. The van der Waals surface area contributed by atoms with Gasteiger partial charge in [0.05, 0.1) is 10.5 Å². The van der Waals surface area contributed by atoms with Gasteiger partial charge < -0.3 is 4.98 Å². The highest BCUT2D eigenvalue weighted by Gasteiger charge is 1.95. The standard InChI is InChI=1S/C6H5BrClNO/c7-6-1-5(10)4(2-8)3-9-6/h1,3H,2H2,(H,9,10). The highest BCUT2D eigenvalue weighted by atomic mass is 79.9. The molecule has 1 N–H and O–H groups in total. The van der Waals surface area contributed by atoms with Crippen molar-refractivity contribution < 1.29 is 0 Å². The Morgan fingerprint density at radius 1 is 1.70 bits per heavy atom. The van der Waals surface area contributed by atoms with Gasteiger partial charge in [-0.05, 0) is 15.9 Å². The molecule has 0 atom stereocenters. The van der Waals surface area contributed by atoms with Gasteiger partial charge in [-0.15, -0.1) is 11.6 Å². The van der Waals surface area contributed by atoms with Crippen molar-refractivity contribution in [3.63, 3.8) is 0 Å². The predicted molar refractivity (Wildman–Crippen MR) is 44.3 cm³/mol. The number of halogens is 2. The summed E-state index contributed by atoms with van der Waals surface area (Å²) < 4.78 is 0.673. The van der Waals surface area contributed by atoms with Crippen molar-refractivity contribution in [1.82, 2.24) is 4.98 Å². The molecule has 0 saturated heterocycles. The monoisotopic (exact) mass is 221 g/mol. The molecule has 0 fully saturated rings. The quantitative estimate of drug-likeness (QED) is 0.571. The SMILES string of the molecule is O=c1cc(Br)[nH]cc1CCl. The van der Waals surface area contributed by atoms with Crippen LogP contribution in [0.5, 0.6) is 0 Å². The van der Waals surface area contributed by atoms with E-state index in [0.717, 1.165) is 0 Å². The molecule has 1 heterocycles. The summed E-state index contributed by atoms with van der Waals surface area (Å²) in [6.45, 7) is 0. The zero-order chi connectivity index (χ0) is 7.56. The lowest BCUT2D eigenvalue weighted by Gasteiger charge is -1.92. The Bertz CT molecular complexity index is 283. The second kappa shape index (κ2) is 3.21. The van der Waals surface area contributed by atoms with Gasteiger partial charge in [0.1, 0.15) is 0 Å². The van der Waals surface area contributed by atoms with E-state index in [4.69, 9.17) is 11.6 Å². The molecule has 10 heavy (non-hydrogen) atoms. The lowest BCUT2D eigenvalue weighted by Crippen LogP contribution is -2.05. The predicted octanol–water partition coefficient (Wildman–Crippen LogP) is 1.88. The van der Waals surface area contributed by atoms with Gasteiger partial charge in [-0.3, -0.25) is 4.79 Å². The maximum absolute atomic E-state index is 10.9. The molecule has 0 aliphatic heterocycles. The Hall–Kier alpha value is -0.280. The third-order valence-electron chi connectivity index (χ3n) is 1.10. The maximum Gasteiger partial charge on any atom is 0.187 e. The van der Waals surface area contributed by atoms with E-state index in [9.17, 15) is 4.79 Å². The van der Waals surface area contributed by atoms with E-state index in [1.54, 1.807) is 6.20 Å². The van der Waals surface area contributed by atoms with Crippen molar-refractivity contribution in [3.8, 4) is 0 Å². The molecular formula is C6H5BrClNO. The Kier molecular flexibility index (Phi) is 2.51. The minimum absolute atomic E-state index is 0.0411. The number of aromatic amines is 1. The molecule has 1 aromatic rings. The zero-order valence-corrected chi connectivity index (χ0v) is 7.37. The molecule has 0 unspecified atom stereocenters. The van der Waals surface area contributed by atoms with Crippen LogP contribution in [0.25, 0.3) is 0 Å². The van der Waals surface area contributed by atoms with Crippen LogP contribution in [0.3, 0.4) is 0 Å². The molecule has 0 aliphatic carbocycles. The summed E-state index contributed by atoms with van der Waals surface area (Å²) in [6, 6.07) is 1.46. The zero-order valence-electron chi connectivity index (χ0n) is 5.03. The van der Waals surface area contributed by atoms with Crippen LogP contribution in [0.2, 0.25) is 0 Å². The molecule has 1 aromatic heterocycles. The van der Waals surface area contributed by atoms with E-state index < -0.39 is 0 Å². The summed E-state index contributed by atoms with van der Waals surface area (Å²) >= 11 is 8.58. The highest BCUT2D eigenvalue weighted by Crippen LogP contribution is 2.02. The summed E-state index contributed by atoms with van der Waals surface area (Å²) in [6.07, 6.45) is 1.60. The number of hydrogen-bond acceptors (Lipinski definition) is 1. The van der Waals surface area contributed by atoms with Gasteiger partial charge in [-0.1, -0.05) is 0 Å². The third kappa shape index (κ3) is 1.61. The van der Waals surface area contributed by atoms with Crippen LogP contribution in [-0.4, -0.2) is 4.98 Å². The average molecular weight is 222 g/mol. The molecule has 0 bridgehead atoms. The minimum Gasteiger partial charge on any atom is -0.355 e. The van der Waals surface area contributed by atoms with Crippen LogP contribution in [0.4, 0.5) is 0 Å². The molecule has 1 rings (SSSR count). The molecule has 0 aliphatic rings. The first-order chi connectivity index (χ1) is 4.74. The number of H-pyrrole nitrogens is 1. The van der Waals surface area contributed by atoms with E-state index in [-0.39, 0.29) is 11.3 Å². The maximum atomic E-state index is 10.9. The summed E-state index contributed by atoms with van der Waals surface area (Å²) in [5.41, 5.74) is 0.547. The van der Waals surface area contributed by atoms with E-state index >= 15 is 0 Å². The van der Waals surface area contributed by atoms with Crippen molar-refractivity contribution in [2.45, 2.75) is 5.88 Å². The summed E-state index contributed by atoms with van der Waals surface area (Å²) in [7, 11) is 0. The summed E-state index contributed by atoms with van der Waals surface area (Å²) in [4.78, 5) is 13.8. The van der Waals surface area contributed by atoms with Crippen molar-refractivity contribution in [3.05, 3.63) is 32.7 Å². The highest BCUT2D eigenvalue weighted by molar-refractivity contribution is 9.10. The van der Waals surface area contributed by atoms with E-state index in [1.165, 1.54) is 6.07 Å². The fourth-order valence-electron chi connectivity index (χ4n) is 0.581. The van der Waals surface area contributed by atoms with Crippen molar-refractivity contribution >= 4 is 27.5 Å². The van der Waals surface area contributed by atoms with E-state index in [1.807, 2.05) is 0 Å². The second-order valence-corrected chi connectivity index (χ2v) is 2.93. The third-order valence-corrected chi connectivity index (χ3v) is 1.85. The number of hydrogen-bond donors (Lipinski definition) is 1. The number of alkyl halides is 1. The number of rotatable bonds is 1. The van der Waals surface area contributed by atoms with Crippen molar-refractivity contribution in [1.29, 1.82) is 0 Å². The fourth-order valence-corrected chi connectivity index (χ4v) is 1.11. The topological polar surface area (TPSA) is 32.9 Å². The normalized spacial score (nSPS) is 9.80. The Labute approximate surface area is 71.3 Å². The molecule has 54 valence electrons. The van der Waals surface area contributed by atoms with Crippen LogP contribution in [0.1, 0.15) is 5.56 Å². The Morgan fingerprint density at radius 2 is 2.40 bits per heavy atom. The van der Waals surface area contributed by atoms with Crippen molar-refractivity contribution in [2.24, 2.45) is 0 Å². The number of aromatic nitrogens is 1. The summed E-state index contributed by atoms with van der Waals surface area (Å²) in [5, 5.41) is 0. The van der Waals surface area contributed by atoms with Gasteiger partial charge in [0, 0.05) is 17.8 Å². The smallest absolute Gasteiger partial charge is 0.187 e. The average Bonchev–Trinajstić information content (AvgIpc) is 1.88. The molecule has 0 saturated carbocycles. The van der Waals surface area contributed by atoms with E-state index in [2.05, 4.69) is 20.9 Å². The van der Waals surface area contributed by atoms with Gasteiger partial charge >= 0.3 is 0 Å². The van der Waals surface area contributed by atoms with Gasteiger partial charge in [0.2, 0.25) is 0 Å². The van der Waals surface area contributed by atoms with Crippen LogP contribution in [0, 0.1) is 0 Å². The van der Waals surface area contributed by atoms with Gasteiger partial charge in [-0.2, -0.15) is 0 Å². The largest absolute Gasteiger partial charge is 0.355 e. The molecule has 0 spiro atoms. The van der Waals surface area contributed by atoms with Crippen molar-refractivity contribution in [2.75, 3.05) is 0 Å². The second-order valence-electron chi connectivity index (χ2n) is 1.80. The lowest BCUT2D eigenvalue weighted by atomic mass is 10.3. The lowest BCUT2D eigenvalue weighted by molar-refractivity contribution is 1.18. The first kappa shape index (κ1) is 7.82. The van der Waals surface area contributed by atoms with Gasteiger partial charge in [-0.25, -0.2) is 0 Å².